The monoisotopic (exact) mass is 358 g/mol. The molecule has 2 aromatic carbocycles. The van der Waals surface area contributed by atoms with Crippen LogP contribution in [0.4, 0.5) is 0 Å². The second-order valence-electron chi connectivity index (χ2n) is 5.76. The van der Waals surface area contributed by atoms with Crippen LogP contribution in [-0.4, -0.2) is 53.4 Å². The van der Waals surface area contributed by atoms with E-state index in [2.05, 4.69) is 0 Å². The van der Waals surface area contributed by atoms with Crippen molar-refractivity contribution in [2.75, 3.05) is 6.61 Å². The lowest BCUT2D eigenvalue weighted by atomic mass is 10.0. The van der Waals surface area contributed by atoms with Crippen LogP contribution in [0, 0.1) is 0 Å². The average Bonchev–Trinajstić information content (AvgIpc) is 2.68. The molecule has 26 heavy (non-hydrogen) atoms. The van der Waals surface area contributed by atoms with Gasteiger partial charge in [0, 0.05) is 0 Å². The van der Waals surface area contributed by atoms with E-state index in [-0.39, 0.29) is 12.2 Å². The normalized spacial score (nSPS) is 25.3. The van der Waals surface area contributed by atoms with Crippen molar-refractivity contribution >= 4 is 11.9 Å². The number of rotatable bonds is 4. The molecule has 0 saturated carbocycles. The number of esters is 2. The molecule has 136 valence electrons. The Bertz CT molecular complexity index is 747. The first-order valence-corrected chi connectivity index (χ1v) is 8.06. The van der Waals surface area contributed by atoms with Gasteiger partial charge in [0.15, 0.2) is 18.5 Å². The van der Waals surface area contributed by atoms with Gasteiger partial charge < -0.3 is 24.4 Å². The average molecular weight is 358 g/mol. The minimum absolute atomic E-state index is 0.219. The van der Waals surface area contributed by atoms with Crippen molar-refractivity contribution in [3.8, 4) is 0 Å². The first-order chi connectivity index (χ1) is 12.6. The van der Waals surface area contributed by atoms with E-state index in [1.165, 1.54) is 0 Å². The van der Waals surface area contributed by atoms with E-state index in [4.69, 9.17) is 14.2 Å². The maximum absolute atomic E-state index is 12.3. The van der Waals surface area contributed by atoms with Crippen molar-refractivity contribution < 1.29 is 34.0 Å². The fourth-order valence-corrected chi connectivity index (χ4v) is 2.56. The van der Waals surface area contributed by atoms with Crippen LogP contribution < -0.4 is 0 Å². The van der Waals surface area contributed by atoms with Crippen LogP contribution in [0.2, 0.25) is 0 Å². The Labute approximate surface area is 149 Å². The second kappa shape index (κ2) is 8.09. The number of benzene rings is 2. The highest BCUT2D eigenvalue weighted by Crippen LogP contribution is 2.22. The van der Waals surface area contributed by atoms with Crippen molar-refractivity contribution in [3.63, 3.8) is 0 Å². The van der Waals surface area contributed by atoms with Crippen LogP contribution in [0.3, 0.4) is 0 Å². The predicted octanol–water partition coefficient (Wildman–Crippen LogP) is 1.15. The summed E-state index contributed by atoms with van der Waals surface area (Å²) in [6.45, 7) is -0.219. The molecular formula is C19H18O7. The fourth-order valence-electron chi connectivity index (χ4n) is 2.56. The fraction of sp³-hybridized carbons (Fsp3) is 0.263. The smallest absolute Gasteiger partial charge is 0.338 e. The number of hydrogen-bond acceptors (Lipinski definition) is 7. The number of aliphatic hydroxyl groups excluding tert-OH is 2. The molecule has 7 heteroatoms. The highest BCUT2D eigenvalue weighted by atomic mass is 16.7. The van der Waals surface area contributed by atoms with Gasteiger partial charge in [0.2, 0.25) is 0 Å². The Hall–Kier alpha value is -2.74. The summed E-state index contributed by atoms with van der Waals surface area (Å²) in [6, 6.07) is 16.4. The van der Waals surface area contributed by atoms with E-state index in [1.807, 2.05) is 0 Å². The SMILES string of the molecule is O=C(O[C@H]1[C@@H](OC(=O)c2ccccc2)COC(O)[C@@H]1O)c1ccccc1. The maximum atomic E-state index is 12.3. The van der Waals surface area contributed by atoms with Gasteiger partial charge in [-0.15, -0.1) is 0 Å². The summed E-state index contributed by atoms with van der Waals surface area (Å²) in [6.07, 6.45) is -5.42. The summed E-state index contributed by atoms with van der Waals surface area (Å²) >= 11 is 0. The van der Waals surface area contributed by atoms with Crippen molar-refractivity contribution in [3.05, 3.63) is 71.8 Å². The van der Waals surface area contributed by atoms with Gasteiger partial charge in [-0.25, -0.2) is 9.59 Å². The molecule has 1 saturated heterocycles. The lowest BCUT2D eigenvalue weighted by molar-refractivity contribution is -0.251. The van der Waals surface area contributed by atoms with Gasteiger partial charge in [0.05, 0.1) is 17.7 Å². The zero-order valence-electron chi connectivity index (χ0n) is 13.7. The van der Waals surface area contributed by atoms with Crippen molar-refractivity contribution in [2.45, 2.75) is 24.6 Å². The zero-order chi connectivity index (χ0) is 18.5. The third-order valence-corrected chi connectivity index (χ3v) is 3.95. The summed E-state index contributed by atoms with van der Waals surface area (Å²) in [7, 11) is 0. The minimum Gasteiger partial charge on any atom is -0.452 e. The lowest BCUT2D eigenvalue weighted by Gasteiger charge is -2.36. The van der Waals surface area contributed by atoms with Gasteiger partial charge in [0.1, 0.15) is 6.10 Å². The Balaban J connectivity index is 1.74. The highest BCUT2D eigenvalue weighted by molar-refractivity contribution is 5.90. The van der Waals surface area contributed by atoms with Crippen molar-refractivity contribution in [1.29, 1.82) is 0 Å². The van der Waals surface area contributed by atoms with Gasteiger partial charge in [-0.05, 0) is 24.3 Å². The third-order valence-electron chi connectivity index (χ3n) is 3.95. The number of carbonyl (C=O) groups excluding carboxylic acids is 2. The van der Waals surface area contributed by atoms with E-state index < -0.39 is 36.5 Å². The van der Waals surface area contributed by atoms with E-state index in [9.17, 15) is 19.8 Å². The molecule has 1 unspecified atom stereocenters. The number of hydrogen-bond donors (Lipinski definition) is 2. The molecule has 1 fully saturated rings. The topological polar surface area (TPSA) is 102 Å². The molecule has 2 aromatic rings. The van der Waals surface area contributed by atoms with E-state index >= 15 is 0 Å². The van der Waals surface area contributed by atoms with Crippen LogP contribution in [0.25, 0.3) is 0 Å². The molecule has 0 amide bonds. The molecule has 3 rings (SSSR count). The Morgan fingerprint density at radius 2 is 1.35 bits per heavy atom. The quantitative estimate of drug-likeness (QED) is 0.790. The van der Waals surface area contributed by atoms with E-state index in [1.54, 1.807) is 60.7 Å². The zero-order valence-corrected chi connectivity index (χ0v) is 13.7. The first-order valence-electron chi connectivity index (χ1n) is 8.06. The lowest BCUT2D eigenvalue weighted by Crippen LogP contribution is -2.56. The van der Waals surface area contributed by atoms with Gasteiger partial charge in [-0.2, -0.15) is 0 Å². The summed E-state index contributed by atoms with van der Waals surface area (Å²) < 4.78 is 15.6. The molecule has 0 aliphatic carbocycles. The second-order valence-corrected chi connectivity index (χ2v) is 5.76. The summed E-state index contributed by atoms with van der Waals surface area (Å²) in [5.41, 5.74) is 0.579. The molecule has 0 spiro atoms. The standard InChI is InChI=1S/C19H18O7/c20-15-16(26-18(22)13-9-5-2-6-10-13)14(11-24-19(15)23)25-17(21)12-7-3-1-4-8-12/h1-10,14-16,19-20,23H,11H2/t14-,15+,16-,19?/m0/s1. The maximum Gasteiger partial charge on any atom is 0.338 e. The van der Waals surface area contributed by atoms with Crippen LogP contribution in [0.15, 0.2) is 60.7 Å². The largest absolute Gasteiger partial charge is 0.452 e. The molecule has 0 radical (unpaired) electrons. The van der Waals surface area contributed by atoms with Gasteiger partial charge in [-0.3, -0.25) is 0 Å². The molecular weight excluding hydrogens is 340 g/mol. The van der Waals surface area contributed by atoms with Crippen LogP contribution >= 0.6 is 0 Å². The molecule has 1 aliphatic rings. The highest BCUT2D eigenvalue weighted by Gasteiger charge is 2.43. The van der Waals surface area contributed by atoms with Crippen molar-refractivity contribution in [1.82, 2.24) is 0 Å². The van der Waals surface area contributed by atoms with Crippen LogP contribution in [0.5, 0.6) is 0 Å². The molecule has 4 atom stereocenters. The molecule has 7 nitrogen and oxygen atoms in total. The number of ether oxygens (including phenoxy) is 3. The molecule has 1 heterocycles. The number of carbonyl (C=O) groups is 2. The Morgan fingerprint density at radius 3 is 1.88 bits per heavy atom. The molecule has 0 bridgehead atoms. The summed E-state index contributed by atoms with van der Waals surface area (Å²) in [5.74, 6) is -1.35. The first kappa shape index (κ1) is 18.1. The minimum atomic E-state index is -1.55. The molecule has 1 aliphatic heterocycles. The van der Waals surface area contributed by atoms with Gasteiger partial charge >= 0.3 is 11.9 Å². The van der Waals surface area contributed by atoms with E-state index in [0.29, 0.717) is 5.56 Å². The summed E-state index contributed by atoms with van der Waals surface area (Å²) in [5, 5.41) is 19.8. The van der Waals surface area contributed by atoms with Gasteiger partial charge in [-0.1, -0.05) is 36.4 Å². The Morgan fingerprint density at radius 1 is 0.846 bits per heavy atom. The molecule has 2 N–H and O–H groups in total. The summed E-state index contributed by atoms with van der Waals surface area (Å²) in [4.78, 5) is 24.5. The molecule has 0 aromatic heterocycles. The van der Waals surface area contributed by atoms with Crippen molar-refractivity contribution in [2.24, 2.45) is 0 Å². The van der Waals surface area contributed by atoms with E-state index in [0.717, 1.165) is 0 Å². The Kier molecular flexibility index (Phi) is 5.62. The van der Waals surface area contributed by atoms with Crippen LogP contribution in [0.1, 0.15) is 20.7 Å². The number of aliphatic hydroxyl groups is 2. The van der Waals surface area contributed by atoms with Crippen LogP contribution in [-0.2, 0) is 14.2 Å². The third kappa shape index (κ3) is 4.08. The van der Waals surface area contributed by atoms with Gasteiger partial charge in [0.25, 0.3) is 0 Å². The predicted molar refractivity (Wildman–Crippen MR) is 89.3 cm³/mol.